The molecule has 0 radical (unpaired) electrons. The van der Waals surface area contributed by atoms with Gasteiger partial charge in [-0.15, -0.1) is 0 Å². The van der Waals surface area contributed by atoms with Crippen LogP contribution in [0, 0.1) is 6.92 Å². The van der Waals surface area contributed by atoms with Crippen molar-refractivity contribution in [3.05, 3.63) is 23.8 Å². The highest BCUT2D eigenvalue weighted by atomic mass is 16.5. The number of aliphatic hydroxyl groups is 1. The van der Waals surface area contributed by atoms with E-state index in [1.54, 1.807) is 20.2 Å². The molecule has 0 aromatic heterocycles. The molecule has 1 aromatic carbocycles. The first kappa shape index (κ1) is 11.5. The third kappa shape index (κ3) is 2.47. The molecule has 1 N–H and O–H groups in total. The number of benzene rings is 1. The number of nitrogens with zero attached hydrogens (tertiary/aromatic N) is 1. The van der Waals surface area contributed by atoms with E-state index >= 15 is 0 Å². The van der Waals surface area contributed by atoms with Crippen molar-refractivity contribution in [2.45, 2.75) is 6.92 Å². The van der Waals surface area contributed by atoms with Crippen molar-refractivity contribution >= 4 is 11.6 Å². The first-order valence-electron chi connectivity index (χ1n) is 4.62. The Labute approximate surface area is 89.1 Å². The molecule has 4 heteroatoms. The zero-order valence-corrected chi connectivity index (χ0v) is 9.15. The van der Waals surface area contributed by atoms with Crippen LogP contribution in [0.5, 0.6) is 5.75 Å². The Kier molecular flexibility index (Phi) is 3.68. The molecule has 0 bridgehead atoms. The molecule has 0 fully saturated rings. The number of aryl methyl sites for hydroxylation is 1. The van der Waals surface area contributed by atoms with Crippen LogP contribution in [0.1, 0.15) is 5.56 Å². The summed E-state index contributed by atoms with van der Waals surface area (Å²) in [4.78, 5) is 12.7. The average molecular weight is 209 g/mol. The van der Waals surface area contributed by atoms with E-state index in [-0.39, 0.29) is 5.91 Å². The fraction of sp³-hybridized carbons (Fsp3) is 0.364. The van der Waals surface area contributed by atoms with Crippen LogP contribution in [-0.2, 0) is 4.79 Å². The summed E-state index contributed by atoms with van der Waals surface area (Å²) in [5.74, 6) is 0.254. The van der Waals surface area contributed by atoms with Gasteiger partial charge in [-0.2, -0.15) is 0 Å². The van der Waals surface area contributed by atoms with Crippen molar-refractivity contribution in [1.29, 1.82) is 0 Å². The monoisotopic (exact) mass is 209 g/mol. The molecular formula is C11H15NO3. The van der Waals surface area contributed by atoms with E-state index in [9.17, 15) is 4.79 Å². The van der Waals surface area contributed by atoms with Gasteiger partial charge in [-0.25, -0.2) is 0 Å². The maximum absolute atomic E-state index is 11.3. The van der Waals surface area contributed by atoms with Gasteiger partial charge < -0.3 is 14.7 Å². The largest absolute Gasteiger partial charge is 0.495 e. The normalized spacial score (nSPS) is 9.87. The predicted molar refractivity (Wildman–Crippen MR) is 58.2 cm³/mol. The summed E-state index contributed by atoms with van der Waals surface area (Å²) >= 11 is 0. The second kappa shape index (κ2) is 4.79. The number of aliphatic hydroxyl groups excluding tert-OH is 1. The van der Waals surface area contributed by atoms with Crippen molar-refractivity contribution in [2.24, 2.45) is 0 Å². The lowest BCUT2D eigenvalue weighted by atomic mass is 10.2. The molecule has 0 atom stereocenters. The van der Waals surface area contributed by atoms with Gasteiger partial charge in [0, 0.05) is 7.05 Å². The van der Waals surface area contributed by atoms with E-state index in [2.05, 4.69) is 0 Å². The summed E-state index contributed by atoms with van der Waals surface area (Å²) in [5.41, 5.74) is 1.69. The molecule has 0 saturated carbocycles. The maximum Gasteiger partial charge on any atom is 0.252 e. The van der Waals surface area contributed by atoms with E-state index in [1.165, 1.54) is 4.90 Å². The molecule has 0 aliphatic rings. The third-order valence-electron chi connectivity index (χ3n) is 2.21. The number of ether oxygens (including phenoxy) is 1. The fourth-order valence-electron chi connectivity index (χ4n) is 1.30. The van der Waals surface area contributed by atoms with E-state index in [0.717, 1.165) is 5.56 Å². The summed E-state index contributed by atoms with van der Waals surface area (Å²) in [6.07, 6.45) is 0. The van der Waals surface area contributed by atoms with Crippen molar-refractivity contribution < 1.29 is 14.6 Å². The average Bonchev–Trinajstić information content (AvgIpc) is 2.27. The van der Waals surface area contributed by atoms with Gasteiger partial charge >= 0.3 is 0 Å². The first-order chi connectivity index (χ1) is 7.10. The third-order valence-corrected chi connectivity index (χ3v) is 2.21. The van der Waals surface area contributed by atoms with Gasteiger partial charge in [0.05, 0.1) is 12.8 Å². The smallest absolute Gasteiger partial charge is 0.252 e. The zero-order chi connectivity index (χ0) is 11.4. The number of carbonyl (C=O) groups is 1. The molecule has 0 aliphatic carbocycles. The number of rotatable bonds is 3. The van der Waals surface area contributed by atoms with Crippen LogP contribution in [0.4, 0.5) is 5.69 Å². The number of carbonyl (C=O) groups excluding carboxylic acids is 1. The Bertz CT molecular complexity index is 363. The summed E-state index contributed by atoms with van der Waals surface area (Å²) in [6.45, 7) is 1.42. The van der Waals surface area contributed by atoms with Crippen LogP contribution in [0.3, 0.4) is 0 Å². The van der Waals surface area contributed by atoms with Crippen molar-refractivity contribution in [3.8, 4) is 5.75 Å². The SMILES string of the molecule is COc1ccc(C)cc1N(C)C(=O)CO. The molecule has 1 aromatic rings. The van der Waals surface area contributed by atoms with Crippen LogP contribution in [0.25, 0.3) is 0 Å². The van der Waals surface area contributed by atoms with Crippen molar-refractivity contribution in [2.75, 3.05) is 25.7 Å². The standard InChI is InChI=1S/C11H15NO3/c1-8-4-5-10(15-3)9(6-8)12(2)11(14)7-13/h4-6,13H,7H2,1-3H3. The topological polar surface area (TPSA) is 49.8 Å². The number of likely N-dealkylation sites (N-methyl/N-ethyl adjacent to an activating group) is 1. The fourth-order valence-corrected chi connectivity index (χ4v) is 1.30. The molecule has 82 valence electrons. The Hall–Kier alpha value is -1.55. The first-order valence-corrected chi connectivity index (χ1v) is 4.62. The summed E-state index contributed by atoms with van der Waals surface area (Å²) in [6, 6.07) is 5.54. The van der Waals surface area contributed by atoms with Gasteiger partial charge in [-0.3, -0.25) is 4.79 Å². The molecule has 1 rings (SSSR count). The molecular weight excluding hydrogens is 194 g/mol. The van der Waals surface area contributed by atoms with Crippen LogP contribution in [0.2, 0.25) is 0 Å². The van der Waals surface area contributed by atoms with Gasteiger partial charge in [0.1, 0.15) is 12.4 Å². The highest BCUT2D eigenvalue weighted by Gasteiger charge is 2.13. The van der Waals surface area contributed by atoms with E-state index < -0.39 is 6.61 Å². The highest BCUT2D eigenvalue weighted by molar-refractivity contribution is 5.95. The van der Waals surface area contributed by atoms with Crippen LogP contribution in [-0.4, -0.2) is 31.8 Å². The van der Waals surface area contributed by atoms with Gasteiger partial charge in [0.15, 0.2) is 0 Å². The van der Waals surface area contributed by atoms with Crippen LogP contribution in [0.15, 0.2) is 18.2 Å². The van der Waals surface area contributed by atoms with E-state index in [4.69, 9.17) is 9.84 Å². The molecule has 0 heterocycles. The summed E-state index contributed by atoms with van der Waals surface area (Å²) < 4.78 is 5.14. The number of amides is 1. The minimum atomic E-state index is -0.506. The van der Waals surface area contributed by atoms with Crippen LogP contribution >= 0.6 is 0 Å². The molecule has 0 unspecified atom stereocenters. The molecule has 1 amide bonds. The lowest BCUT2D eigenvalue weighted by Crippen LogP contribution is -2.29. The number of hydrogen-bond acceptors (Lipinski definition) is 3. The summed E-state index contributed by atoms with van der Waals surface area (Å²) in [5, 5.41) is 8.77. The second-order valence-corrected chi connectivity index (χ2v) is 3.29. The molecule has 0 saturated heterocycles. The lowest BCUT2D eigenvalue weighted by Gasteiger charge is -2.19. The lowest BCUT2D eigenvalue weighted by molar-refractivity contribution is -0.120. The van der Waals surface area contributed by atoms with E-state index in [0.29, 0.717) is 11.4 Å². The molecule has 4 nitrogen and oxygen atoms in total. The Balaban J connectivity index is 3.10. The van der Waals surface area contributed by atoms with Gasteiger partial charge in [-0.1, -0.05) is 6.07 Å². The van der Waals surface area contributed by atoms with Gasteiger partial charge in [0.25, 0.3) is 5.91 Å². The second-order valence-electron chi connectivity index (χ2n) is 3.29. The molecule has 15 heavy (non-hydrogen) atoms. The van der Waals surface area contributed by atoms with Gasteiger partial charge in [-0.05, 0) is 24.6 Å². The maximum atomic E-state index is 11.3. The van der Waals surface area contributed by atoms with Crippen molar-refractivity contribution in [3.63, 3.8) is 0 Å². The Morgan fingerprint density at radius 2 is 2.20 bits per heavy atom. The van der Waals surface area contributed by atoms with Gasteiger partial charge in [0.2, 0.25) is 0 Å². The van der Waals surface area contributed by atoms with Crippen LogP contribution < -0.4 is 9.64 Å². The number of methoxy groups -OCH3 is 1. The number of hydrogen-bond donors (Lipinski definition) is 1. The number of anilines is 1. The predicted octanol–water partition coefficient (Wildman–Crippen LogP) is 0.959. The summed E-state index contributed by atoms with van der Waals surface area (Å²) in [7, 11) is 3.15. The molecule has 0 aliphatic heterocycles. The zero-order valence-electron chi connectivity index (χ0n) is 9.15. The Morgan fingerprint density at radius 3 is 2.73 bits per heavy atom. The quantitative estimate of drug-likeness (QED) is 0.806. The minimum Gasteiger partial charge on any atom is -0.495 e. The molecule has 0 spiro atoms. The minimum absolute atomic E-state index is 0.362. The Morgan fingerprint density at radius 1 is 1.53 bits per heavy atom. The van der Waals surface area contributed by atoms with E-state index in [1.807, 2.05) is 19.1 Å². The van der Waals surface area contributed by atoms with Crippen molar-refractivity contribution in [1.82, 2.24) is 0 Å². The highest BCUT2D eigenvalue weighted by Crippen LogP contribution is 2.28.